The molecule has 23 heavy (non-hydrogen) atoms. The summed E-state index contributed by atoms with van der Waals surface area (Å²) >= 11 is 1.41. The van der Waals surface area contributed by atoms with E-state index >= 15 is 0 Å². The zero-order valence-corrected chi connectivity index (χ0v) is 13.9. The Kier molecular flexibility index (Phi) is 7.34. The molecule has 0 spiro atoms. The topological polar surface area (TPSA) is 60.4 Å². The minimum Gasteiger partial charge on any atom is -0.468 e. The van der Waals surface area contributed by atoms with E-state index in [2.05, 4.69) is 4.74 Å². The van der Waals surface area contributed by atoms with E-state index in [1.165, 1.54) is 15.9 Å². The van der Waals surface area contributed by atoms with Crippen molar-refractivity contribution < 1.29 is 48.7 Å². The summed E-state index contributed by atoms with van der Waals surface area (Å²) in [7, 11) is -4.14. The first-order valence-electron chi connectivity index (χ1n) is 5.84. The van der Waals surface area contributed by atoms with Gasteiger partial charge in [-0.3, -0.25) is 4.79 Å². The number of methoxy groups -OCH3 is 1. The quantitative estimate of drug-likeness (QED) is 0.330. The Balaban J connectivity index is 5.21. The van der Waals surface area contributed by atoms with E-state index < -0.39 is 63.0 Å². The molecule has 1 unspecified atom stereocenters. The highest BCUT2D eigenvalue weighted by atomic mass is 79.9. The van der Waals surface area contributed by atoms with Gasteiger partial charge in [0.2, 0.25) is 0 Å². The first kappa shape index (κ1) is 22.4. The summed E-state index contributed by atoms with van der Waals surface area (Å²) in [5.41, 5.74) is 0. The Morgan fingerprint density at radius 3 is 1.91 bits per heavy atom. The van der Waals surface area contributed by atoms with Crippen molar-refractivity contribution in [2.24, 2.45) is 0 Å². The van der Waals surface area contributed by atoms with Crippen molar-refractivity contribution in [3.8, 4) is 0 Å². The van der Waals surface area contributed by atoms with Gasteiger partial charge in [-0.1, -0.05) is 0 Å². The normalized spacial score (nSPS) is 15.3. The second-order valence-electron chi connectivity index (χ2n) is 4.48. The van der Waals surface area contributed by atoms with E-state index in [9.17, 15) is 43.9 Å². The number of carbonyl (C=O) groups excluding carboxylic acids is 1. The van der Waals surface area contributed by atoms with E-state index in [1.807, 2.05) is 0 Å². The molecule has 0 heterocycles. The number of carbonyl (C=O) groups is 1. The minimum absolute atomic E-state index is 0.686. The Morgan fingerprint density at radius 2 is 1.57 bits per heavy atom. The van der Waals surface area contributed by atoms with Crippen LogP contribution in [0.3, 0.4) is 0 Å². The molecule has 4 nitrogen and oxygen atoms in total. The summed E-state index contributed by atoms with van der Waals surface area (Å²) in [4.78, 5) is 6.65. The van der Waals surface area contributed by atoms with Gasteiger partial charge in [0.05, 0.1) is 19.3 Å². The molecular weight excluding hydrogens is 429 g/mol. The third-order valence-electron chi connectivity index (χ3n) is 2.70. The molecule has 0 aromatic rings. The summed E-state index contributed by atoms with van der Waals surface area (Å²) < 4.78 is 115. The largest absolute Gasteiger partial charge is 0.468 e. The van der Waals surface area contributed by atoms with Crippen LogP contribution >= 0.6 is 15.9 Å². The predicted molar refractivity (Wildman–Crippen MR) is 68.3 cm³/mol. The first-order valence-corrected chi connectivity index (χ1v) is 8.35. The molecule has 0 aliphatic rings. The van der Waals surface area contributed by atoms with E-state index in [1.54, 1.807) is 0 Å². The van der Waals surface area contributed by atoms with Gasteiger partial charge in [0.15, 0.2) is 15.1 Å². The molecule has 0 aliphatic carbocycles. The highest BCUT2D eigenvalue weighted by molar-refractivity contribution is 9.10. The van der Waals surface area contributed by atoms with Crippen LogP contribution in [-0.4, -0.2) is 49.4 Å². The summed E-state index contributed by atoms with van der Waals surface area (Å²) in [5, 5.41) is -2.39. The van der Waals surface area contributed by atoms with Crippen molar-refractivity contribution in [2.45, 2.75) is 41.4 Å². The number of sulfone groups is 1. The third kappa shape index (κ3) is 7.23. The molecule has 0 amide bonds. The summed E-state index contributed by atoms with van der Waals surface area (Å²) in [6.07, 6.45) is -9.74. The summed E-state index contributed by atoms with van der Waals surface area (Å²) in [5.74, 6) is -7.85. The maximum atomic E-state index is 13.1. The van der Waals surface area contributed by atoms with Crippen LogP contribution in [-0.2, 0) is 19.4 Å². The molecule has 0 radical (unpaired) electrons. The smallest absolute Gasteiger partial charge is 0.390 e. The third-order valence-corrected chi connectivity index (χ3v) is 5.35. The molecule has 0 rings (SSSR count). The maximum absolute atomic E-state index is 13.1. The molecule has 0 saturated heterocycles. The fourth-order valence-electron chi connectivity index (χ4n) is 1.43. The number of ether oxygens (including phenoxy) is 1. The minimum atomic E-state index is -4.86. The van der Waals surface area contributed by atoms with Crippen LogP contribution in [0.15, 0.2) is 0 Å². The van der Waals surface area contributed by atoms with E-state index in [-0.39, 0.29) is 0 Å². The molecule has 0 saturated carbocycles. The van der Waals surface area contributed by atoms with Crippen molar-refractivity contribution in [1.29, 1.82) is 0 Å². The van der Waals surface area contributed by atoms with Gasteiger partial charge in [-0.2, -0.15) is 30.7 Å². The van der Waals surface area contributed by atoms with Gasteiger partial charge in [0.1, 0.15) is 0 Å². The fraction of sp³-hybridized carbons (Fsp3) is 0.900. The summed E-state index contributed by atoms with van der Waals surface area (Å²) in [6, 6.07) is 0. The van der Waals surface area contributed by atoms with Gasteiger partial charge < -0.3 is 4.74 Å². The lowest BCUT2D eigenvalue weighted by molar-refractivity contribution is -0.154. The fourth-order valence-corrected chi connectivity index (χ4v) is 3.29. The van der Waals surface area contributed by atoms with Crippen LogP contribution in [0.1, 0.15) is 19.3 Å². The first-order chi connectivity index (χ1) is 10.0. The second-order valence-corrected chi connectivity index (χ2v) is 7.78. The number of hydrogen-bond acceptors (Lipinski definition) is 4. The Labute approximate surface area is 135 Å². The van der Waals surface area contributed by atoms with Gasteiger partial charge in [-0.25, -0.2) is 8.42 Å². The van der Waals surface area contributed by atoms with E-state index in [4.69, 9.17) is 0 Å². The molecule has 0 fully saturated rings. The molecule has 1 atom stereocenters. The van der Waals surface area contributed by atoms with E-state index in [0.717, 1.165) is 0 Å². The Hall–Kier alpha value is -0.590. The maximum Gasteiger partial charge on any atom is 0.390 e. The molecule has 138 valence electrons. The van der Waals surface area contributed by atoms with Gasteiger partial charge in [-0.15, -0.1) is 0 Å². The SMILES string of the molecule is COC(=O)C(CCC(F)(F)C(F)(F)Br)S(=O)(=O)CCC(F)(F)F. The number of alkyl halides is 8. The molecule has 0 aromatic heterocycles. The average molecular weight is 441 g/mol. The lowest BCUT2D eigenvalue weighted by Gasteiger charge is -2.23. The Morgan fingerprint density at radius 1 is 1.09 bits per heavy atom. The highest BCUT2D eigenvalue weighted by Gasteiger charge is 2.54. The zero-order chi connectivity index (χ0) is 18.7. The number of hydrogen-bond donors (Lipinski definition) is 0. The van der Waals surface area contributed by atoms with Gasteiger partial charge in [0.25, 0.3) is 0 Å². The number of esters is 1. The molecule has 0 N–H and O–H groups in total. The number of rotatable bonds is 8. The lowest BCUT2D eigenvalue weighted by Crippen LogP contribution is -2.39. The van der Waals surface area contributed by atoms with Crippen molar-refractivity contribution in [3.05, 3.63) is 0 Å². The monoisotopic (exact) mass is 440 g/mol. The highest BCUT2D eigenvalue weighted by Crippen LogP contribution is 2.43. The van der Waals surface area contributed by atoms with Crippen LogP contribution in [0.5, 0.6) is 0 Å². The molecule has 0 bridgehead atoms. The van der Waals surface area contributed by atoms with Crippen molar-refractivity contribution in [1.82, 2.24) is 0 Å². The zero-order valence-electron chi connectivity index (χ0n) is 11.5. The molecule has 0 aromatic carbocycles. The van der Waals surface area contributed by atoms with Crippen LogP contribution in [0.25, 0.3) is 0 Å². The van der Waals surface area contributed by atoms with E-state index in [0.29, 0.717) is 7.11 Å². The molecule has 13 heteroatoms. The Bertz CT molecular complexity index is 512. The average Bonchev–Trinajstić information content (AvgIpc) is 2.33. The standard InChI is InChI=1S/C10H12BrF7O4S/c1-22-7(19)6(2-3-8(12,13)10(11,17)18)23(20,21)5-4-9(14,15)16/h6H,2-5H2,1H3. The van der Waals surface area contributed by atoms with Crippen LogP contribution in [0, 0.1) is 0 Å². The van der Waals surface area contributed by atoms with Crippen molar-refractivity contribution in [2.75, 3.05) is 12.9 Å². The molecular formula is C10H12BrF7O4S. The van der Waals surface area contributed by atoms with Crippen molar-refractivity contribution >= 4 is 31.7 Å². The lowest BCUT2D eigenvalue weighted by atomic mass is 10.1. The van der Waals surface area contributed by atoms with Crippen LogP contribution in [0.4, 0.5) is 30.7 Å². The van der Waals surface area contributed by atoms with Gasteiger partial charge in [-0.05, 0) is 22.4 Å². The van der Waals surface area contributed by atoms with Gasteiger partial charge in [0, 0.05) is 6.42 Å². The second kappa shape index (κ2) is 7.53. The van der Waals surface area contributed by atoms with Crippen molar-refractivity contribution in [3.63, 3.8) is 0 Å². The van der Waals surface area contributed by atoms with Gasteiger partial charge >= 0.3 is 22.9 Å². The summed E-state index contributed by atoms with van der Waals surface area (Å²) in [6.45, 7) is 0. The van der Waals surface area contributed by atoms with Crippen LogP contribution < -0.4 is 0 Å². The van der Waals surface area contributed by atoms with Crippen LogP contribution in [0.2, 0.25) is 0 Å². The predicted octanol–water partition coefficient (Wildman–Crippen LogP) is 3.30. The molecule has 0 aliphatic heterocycles. The number of halogens is 8.